The molecule has 0 bridgehead atoms. The highest BCUT2D eigenvalue weighted by Gasteiger charge is 2.17. The van der Waals surface area contributed by atoms with Crippen LogP contribution in [-0.2, 0) is 4.74 Å². The SMILES string of the molecule is CC1CN(c2ccc(C(N)=S)cc2Cl)CCCO1. The summed E-state index contributed by atoms with van der Waals surface area (Å²) in [7, 11) is 0. The van der Waals surface area contributed by atoms with Crippen LogP contribution in [0.3, 0.4) is 0 Å². The Balaban J connectivity index is 2.24. The average Bonchev–Trinajstić information content (AvgIpc) is 2.53. The van der Waals surface area contributed by atoms with Crippen LogP contribution in [0.1, 0.15) is 18.9 Å². The second kappa shape index (κ2) is 5.87. The Hall–Kier alpha value is -0.840. The van der Waals surface area contributed by atoms with Gasteiger partial charge >= 0.3 is 0 Å². The molecule has 2 N–H and O–H groups in total. The molecule has 1 saturated heterocycles. The maximum Gasteiger partial charge on any atom is 0.104 e. The summed E-state index contributed by atoms with van der Waals surface area (Å²) >= 11 is 11.3. The van der Waals surface area contributed by atoms with E-state index in [1.807, 2.05) is 18.2 Å². The summed E-state index contributed by atoms with van der Waals surface area (Å²) in [5.41, 5.74) is 7.42. The highest BCUT2D eigenvalue weighted by atomic mass is 35.5. The van der Waals surface area contributed by atoms with Gasteiger partial charge in [0.2, 0.25) is 0 Å². The van der Waals surface area contributed by atoms with Crippen LogP contribution in [0, 0.1) is 0 Å². The Morgan fingerprint density at radius 3 is 3.00 bits per heavy atom. The van der Waals surface area contributed by atoms with Gasteiger partial charge in [-0.15, -0.1) is 0 Å². The molecule has 2 rings (SSSR count). The second-order valence-corrected chi connectivity index (χ2v) is 5.36. The third-order valence-electron chi connectivity index (χ3n) is 3.03. The van der Waals surface area contributed by atoms with Gasteiger partial charge in [-0.2, -0.15) is 0 Å². The fourth-order valence-corrected chi connectivity index (χ4v) is 2.56. The number of rotatable bonds is 2. The van der Waals surface area contributed by atoms with E-state index in [4.69, 9.17) is 34.3 Å². The number of nitrogens with two attached hydrogens (primary N) is 1. The lowest BCUT2D eigenvalue weighted by atomic mass is 10.2. The van der Waals surface area contributed by atoms with Gasteiger partial charge in [0, 0.05) is 25.3 Å². The van der Waals surface area contributed by atoms with E-state index < -0.39 is 0 Å². The molecule has 0 spiro atoms. The van der Waals surface area contributed by atoms with Gasteiger partial charge in [0.25, 0.3) is 0 Å². The van der Waals surface area contributed by atoms with Crippen molar-refractivity contribution in [2.24, 2.45) is 5.73 Å². The monoisotopic (exact) mass is 284 g/mol. The Labute approximate surface area is 118 Å². The van der Waals surface area contributed by atoms with Crippen molar-refractivity contribution < 1.29 is 4.74 Å². The van der Waals surface area contributed by atoms with E-state index in [9.17, 15) is 0 Å². The number of hydrogen-bond donors (Lipinski definition) is 1. The van der Waals surface area contributed by atoms with E-state index in [1.54, 1.807) is 0 Å². The zero-order valence-electron chi connectivity index (χ0n) is 10.4. The smallest absolute Gasteiger partial charge is 0.104 e. The summed E-state index contributed by atoms with van der Waals surface area (Å²) in [6.45, 7) is 4.69. The predicted molar refractivity (Wildman–Crippen MR) is 79.6 cm³/mol. The molecule has 0 radical (unpaired) electrons. The van der Waals surface area contributed by atoms with Gasteiger partial charge in [0.1, 0.15) is 4.99 Å². The number of thiocarbonyl (C=S) groups is 1. The molecule has 98 valence electrons. The van der Waals surface area contributed by atoms with E-state index in [0.717, 1.165) is 37.4 Å². The van der Waals surface area contributed by atoms with Crippen LogP contribution in [-0.4, -0.2) is 30.8 Å². The maximum absolute atomic E-state index is 6.31. The van der Waals surface area contributed by atoms with Crippen molar-refractivity contribution in [1.29, 1.82) is 0 Å². The molecule has 3 nitrogen and oxygen atoms in total. The van der Waals surface area contributed by atoms with Crippen molar-refractivity contribution in [3.8, 4) is 0 Å². The maximum atomic E-state index is 6.31. The van der Waals surface area contributed by atoms with Crippen LogP contribution in [0.25, 0.3) is 0 Å². The first kappa shape index (κ1) is 13.6. The molecule has 1 atom stereocenters. The van der Waals surface area contributed by atoms with E-state index in [0.29, 0.717) is 10.0 Å². The fourth-order valence-electron chi connectivity index (χ4n) is 2.13. The van der Waals surface area contributed by atoms with Gasteiger partial charge < -0.3 is 15.4 Å². The van der Waals surface area contributed by atoms with Gasteiger partial charge in [-0.1, -0.05) is 23.8 Å². The van der Waals surface area contributed by atoms with Gasteiger partial charge in [0.15, 0.2) is 0 Å². The summed E-state index contributed by atoms with van der Waals surface area (Å²) in [4.78, 5) is 2.62. The molecule has 1 aliphatic heterocycles. The number of benzene rings is 1. The highest BCUT2D eigenvalue weighted by molar-refractivity contribution is 7.80. The fraction of sp³-hybridized carbons (Fsp3) is 0.462. The van der Waals surface area contributed by atoms with Gasteiger partial charge in [-0.3, -0.25) is 0 Å². The van der Waals surface area contributed by atoms with Crippen LogP contribution < -0.4 is 10.6 Å². The number of halogens is 1. The lowest BCUT2D eigenvalue weighted by Gasteiger charge is -2.25. The Morgan fingerprint density at radius 1 is 1.56 bits per heavy atom. The standard InChI is InChI=1S/C13H17ClN2OS/c1-9-8-16(5-2-6-17-9)12-4-3-10(13(15)18)7-11(12)14/h3-4,7,9H,2,5-6,8H2,1H3,(H2,15,18). The van der Waals surface area contributed by atoms with Crippen molar-refractivity contribution in [3.63, 3.8) is 0 Å². The first-order chi connectivity index (χ1) is 8.58. The third-order valence-corrected chi connectivity index (χ3v) is 3.56. The summed E-state index contributed by atoms with van der Waals surface area (Å²) < 4.78 is 5.63. The summed E-state index contributed by atoms with van der Waals surface area (Å²) in [5.74, 6) is 0. The molecule has 0 aliphatic carbocycles. The minimum Gasteiger partial charge on any atom is -0.389 e. The van der Waals surface area contributed by atoms with Gasteiger partial charge in [0.05, 0.1) is 16.8 Å². The number of hydrogen-bond acceptors (Lipinski definition) is 3. The van der Waals surface area contributed by atoms with Crippen LogP contribution in [0.5, 0.6) is 0 Å². The van der Waals surface area contributed by atoms with Crippen LogP contribution in [0.15, 0.2) is 18.2 Å². The van der Waals surface area contributed by atoms with Crippen molar-refractivity contribution in [3.05, 3.63) is 28.8 Å². The van der Waals surface area contributed by atoms with Gasteiger partial charge in [-0.25, -0.2) is 0 Å². The Morgan fingerprint density at radius 2 is 2.33 bits per heavy atom. The molecule has 18 heavy (non-hydrogen) atoms. The number of ether oxygens (including phenoxy) is 1. The predicted octanol–water partition coefficient (Wildman–Crippen LogP) is 2.59. The van der Waals surface area contributed by atoms with Crippen molar-refractivity contribution in [1.82, 2.24) is 0 Å². The van der Waals surface area contributed by atoms with Crippen LogP contribution >= 0.6 is 23.8 Å². The van der Waals surface area contributed by atoms with Crippen LogP contribution in [0.2, 0.25) is 5.02 Å². The van der Waals surface area contributed by atoms with Crippen molar-refractivity contribution in [2.45, 2.75) is 19.4 Å². The minimum absolute atomic E-state index is 0.221. The molecule has 1 aromatic carbocycles. The van der Waals surface area contributed by atoms with Crippen molar-refractivity contribution >= 4 is 34.5 Å². The largest absolute Gasteiger partial charge is 0.389 e. The highest BCUT2D eigenvalue weighted by Crippen LogP contribution is 2.28. The number of nitrogens with zero attached hydrogens (tertiary/aromatic N) is 1. The molecule has 0 saturated carbocycles. The topological polar surface area (TPSA) is 38.5 Å². The van der Waals surface area contributed by atoms with Gasteiger partial charge in [-0.05, 0) is 31.5 Å². The summed E-state index contributed by atoms with van der Waals surface area (Å²) in [5, 5.41) is 0.689. The van der Waals surface area contributed by atoms with Crippen LogP contribution in [0.4, 0.5) is 5.69 Å². The molecular formula is C13H17ClN2OS. The lowest BCUT2D eigenvalue weighted by molar-refractivity contribution is 0.0821. The molecule has 0 amide bonds. The molecule has 1 heterocycles. The Bertz CT molecular complexity index is 453. The lowest BCUT2D eigenvalue weighted by Crippen LogP contribution is -2.30. The van der Waals surface area contributed by atoms with E-state index in [2.05, 4.69) is 11.8 Å². The molecule has 1 aromatic rings. The first-order valence-electron chi connectivity index (χ1n) is 6.04. The normalized spacial score (nSPS) is 20.6. The quantitative estimate of drug-likeness (QED) is 0.847. The van der Waals surface area contributed by atoms with E-state index in [-0.39, 0.29) is 6.10 Å². The van der Waals surface area contributed by atoms with Crippen molar-refractivity contribution in [2.75, 3.05) is 24.6 Å². The Kier molecular flexibility index (Phi) is 4.43. The molecule has 1 unspecified atom stereocenters. The molecule has 5 heteroatoms. The molecule has 1 aliphatic rings. The number of anilines is 1. The summed E-state index contributed by atoms with van der Waals surface area (Å²) in [6, 6.07) is 5.73. The molecular weight excluding hydrogens is 268 g/mol. The third kappa shape index (κ3) is 3.13. The van der Waals surface area contributed by atoms with E-state index >= 15 is 0 Å². The minimum atomic E-state index is 0.221. The second-order valence-electron chi connectivity index (χ2n) is 4.51. The van der Waals surface area contributed by atoms with E-state index in [1.165, 1.54) is 0 Å². The zero-order valence-corrected chi connectivity index (χ0v) is 11.9. The summed E-state index contributed by atoms with van der Waals surface area (Å²) in [6.07, 6.45) is 1.23. The first-order valence-corrected chi connectivity index (χ1v) is 6.82. The zero-order chi connectivity index (χ0) is 13.1. The average molecular weight is 285 g/mol. The molecule has 1 fully saturated rings. The molecule has 0 aromatic heterocycles.